The first-order chi connectivity index (χ1) is 9.60. The van der Waals surface area contributed by atoms with Crippen LogP contribution in [-0.4, -0.2) is 14.1 Å². The van der Waals surface area contributed by atoms with E-state index in [1.807, 2.05) is 49.3 Å². The molecule has 2 rings (SSSR count). The van der Waals surface area contributed by atoms with E-state index in [1.165, 1.54) is 6.07 Å². The Morgan fingerprint density at radius 2 is 1.85 bits per heavy atom. The fraction of sp³-hybridized carbons (Fsp3) is 0.250. The molecule has 106 valence electrons. The van der Waals surface area contributed by atoms with Crippen molar-refractivity contribution in [1.82, 2.24) is 5.43 Å². The first-order valence-corrected chi connectivity index (χ1v) is 6.58. The van der Waals surface area contributed by atoms with Crippen LogP contribution in [0.5, 0.6) is 0 Å². The van der Waals surface area contributed by atoms with Crippen molar-refractivity contribution in [2.75, 3.05) is 19.0 Å². The normalized spacial score (nSPS) is 12.2. The van der Waals surface area contributed by atoms with Gasteiger partial charge in [0.2, 0.25) is 0 Å². The van der Waals surface area contributed by atoms with E-state index in [2.05, 4.69) is 5.43 Å². The Morgan fingerprint density at radius 3 is 2.40 bits per heavy atom. The first-order valence-electron chi connectivity index (χ1n) is 6.58. The second-order valence-corrected chi connectivity index (χ2v) is 5.04. The molecular formula is C16H20FN3. The summed E-state index contributed by atoms with van der Waals surface area (Å²) in [7, 11) is 4.00. The molecule has 0 saturated heterocycles. The van der Waals surface area contributed by atoms with Crippen molar-refractivity contribution in [3.63, 3.8) is 0 Å². The molecule has 0 aliphatic heterocycles. The second kappa shape index (κ2) is 6.50. The number of hydrogen-bond acceptors (Lipinski definition) is 3. The number of hydrazine groups is 1. The monoisotopic (exact) mass is 273 g/mol. The van der Waals surface area contributed by atoms with Gasteiger partial charge in [0, 0.05) is 25.8 Å². The summed E-state index contributed by atoms with van der Waals surface area (Å²) in [4.78, 5) is 2.04. The van der Waals surface area contributed by atoms with Crippen LogP contribution < -0.4 is 16.2 Å². The SMILES string of the molecule is CN(C)c1ccc(C(Cc2cccc(F)c2)NN)cc1. The molecule has 2 aromatic carbocycles. The zero-order valence-electron chi connectivity index (χ0n) is 11.8. The maximum Gasteiger partial charge on any atom is 0.123 e. The van der Waals surface area contributed by atoms with Gasteiger partial charge in [-0.2, -0.15) is 0 Å². The second-order valence-electron chi connectivity index (χ2n) is 5.04. The minimum absolute atomic E-state index is 0.0342. The van der Waals surface area contributed by atoms with E-state index >= 15 is 0 Å². The van der Waals surface area contributed by atoms with Gasteiger partial charge >= 0.3 is 0 Å². The zero-order valence-corrected chi connectivity index (χ0v) is 11.8. The predicted octanol–water partition coefficient (Wildman–Crippen LogP) is 2.64. The smallest absolute Gasteiger partial charge is 0.123 e. The molecule has 0 spiro atoms. The standard InChI is InChI=1S/C16H20FN3/c1-20(2)15-8-6-13(7-9-15)16(19-18)11-12-4-3-5-14(17)10-12/h3-10,16,19H,11,18H2,1-2H3. The fourth-order valence-corrected chi connectivity index (χ4v) is 2.18. The lowest BCUT2D eigenvalue weighted by Crippen LogP contribution is -2.29. The Morgan fingerprint density at radius 1 is 1.15 bits per heavy atom. The van der Waals surface area contributed by atoms with Crippen molar-refractivity contribution in [2.45, 2.75) is 12.5 Å². The van der Waals surface area contributed by atoms with Crippen LogP contribution in [-0.2, 0) is 6.42 Å². The molecule has 1 atom stereocenters. The maximum atomic E-state index is 13.2. The zero-order chi connectivity index (χ0) is 14.5. The summed E-state index contributed by atoms with van der Waals surface area (Å²) in [6, 6.07) is 14.7. The molecule has 0 radical (unpaired) electrons. The first kappa shape index (κ1) is 14.5. The van der Waals surface area contributed by atoms with E-state index in [9.17, 15) is 4.39 Å². The summed E-state index contributed by atoms with van der Waals surface area (Å²) < 4.78 is 13.2. The Labute approximate surface area is 119 Å². The van der Waals surface area contributed by atoms with Crippen LogP contribution in [0, 0.1) is 5.82 Å². The number of rotatable bonds is 5. The van der Waals surface area contributed by atoms with Crippen LogP contribution in [0.25, 0.3) is 0 Å². The van der Waals surface area contributed by atoms with Crippen molar-refractivity contribution < 1.29 is 4.39 Å². The third-order valence-electron chi connectivity index (χ3n) is 3.34. The van der Waals surface area contributed by atoms with Crippen LogP contribution in [0.15, 0.2) is 48.5 Å². The van der Waals surface area contributed by atoms with E-state index < -0.39 is 0 Å². The minimum Gasteiger partial charge on any atom is -0.378 e. The average Bonchev–Trinajstić information content (AvgIpc) is 2.45. The summed E-state index contributed by atoms with van der Waals surface area (Å²) >= 11 is 0. The molecular weight excluding hydrogens is 253 g/mol. The fourth-order valence-electron chi connectivity index (χ4n) is 2.18. The van der Waals surface area contributed by atoms with Gasteiger partial charge in [0.25, 0.3) is 0 Å². The lowest BCUT2D eigenvalue weighted by molar-refractivity contribution is 0.548. The molecule has 20 heavy (non-hydrogen) atoms. The van der Waals surface area contributed by atoms with Crippen molar-refractivity contribution in [3.05, 3.63) is 65.5 Å². The molecule has 0 aliphatic carbocycles. The number of nitrogens with zero attached hydrogens (tertiary/aromatic N) is 1. The predicted molar refractivity (Wildman–Crippen MR) is 80.9 cm³/mol. The van der Waals surface area contributed by atoms with Gasteiger partial charge in [-0.3, -0.25) is 11.3 Å². The Kier molecular flexibility index (Phi) is 4.71. The van der Waals surface area contributed by atoms with E-state index in [0.717, 1.165) is 16.8 Å². The van der Waals surface area contributed by atoms with Crippen LogP contribution >= 0.6 is 0 Å². The van der Waals surface area contributed by atoms with Gasteiger partial charge in [0.05, 0.1) is 0 Å². The molecule has 0 aromatic heterocycles. The van der Waals surface area contributed by atoms with Gasteiger partial charge in [-0.1, -0.05) is 24.3 Å². The summed E-state index contributed by atoms with van der Waals surface area (Å²) in [5.41, 5.74) is 5.94. The number of nitrogens with one attached hydrogen (secondary N) is 1. The van der Waals surface area contributed by atoms with E-state index in [0.29, 0.717) is 6.42 Å². The van der Waals surface area contributed by atoms with Crippen LogP contribution in [0.3, 0.4) is 0 Å². The highest BCUT2D eigenvalue weighted by Gasteiger charge is 2.11. The molecule has 0 bridgehead atoms. The average molecular weight is 273 g/mol. The van der Waals surface area contributed by atoms with E-state index in [-0.39, 0.29) is 11.9 Å². The molecule has 0 aliphatic rings. The minimum atomic E-state index is -0.221. The van der Waals surface area contributed by atoms with Gasteiger partial charge in [-0.15, -0.1) is 0 Å². The third-order valence-corrected chi connectivity index (χ3v) is 3.34. The summed E-state index contributed by atoms with van der Waals surface area (Å²) in [5.74, 6) is 5.41. The maximum absolute atomic E-state index is 13.2. The van der Waals surface area contributed by atoms with Crippen molar-refractivity contribution in [3.8, 4) is 0 Å². The Bertz CT molecular complexity index is 552. The molecule has 4 heteroatoms. The topological polar surface area (TPSA) is 41.3 Å². The van der Waals surface area contributed by atoms with Crippen LogP contribution in [0.4, 0.5) is 10.1 Å². The summed E-state index contributed by atoms with van der Waals surface area (Å²) in [5, 5.41) is 0. The van der Waals surface area contributed by atoms with Crippen molar-refractivity contribution >= 4 is 5.69 Å². The summed E-state index contributed by atoms with van der Waals surface area (Å²) in [6.07, 6.45) is 0.648. The lowest BCUT2D eigenvalue weighted by atomic mass is 9.99. The molecule has 3 N–H and O–H groups in total. The number of hydrogen-bond donors (Lipinski definition) is 2. The quantitative estimate of drug-likeness (QED) is 0.650. The van der Waals surface area contributed by atoms with E-state index in [4.69, 9.17) is 5.84 Å². The van der Waals surface area contributed by atoms with Gasteiger partial charge in [-0.05, 0) is 41.8 Å². The van der Waals surface area contributed by atoms with Crippen LogP contribution in [0.1, 0.15) is 17.2 Å². The highest BCUT2D eigenvalue weighted by Crippen LogP contribution is 2.21. The van der Waals surface area contributed by atoms with Crippen LogP contribution in [0.2, 0.25) is 0 Å². The number of nitrogens with two attached hydrogens (primary N) is 1. The van der Waals surface area contributed by atoms with E-state index in [1.54, 1.807) is 12.1 Å². The third kappa shape index (κ3) is 3.56. The molecule has 3 nitrogen and oxygen atoms in total. The molecule has 1 unspecified atom stereocenters. The number of anilines is 1. The number of halogens is 1. The van der Waals surface area contributed by atoms with Crippen molar-refractivity contribution in [2.24, 2.45) is 5.84 Å². The van der Waals surface area contributed by atoms with Crippen molar-refractivity contribution in [1.29, 1.82) is 0 Å². The molecule has 2 aromatic rings. The lowest BCUT2D eigenvalue weighted by Gasteiger charge is -2.18. The van der Waals surface area contributed by atoms with Gasteiger partial charge < -0.3 is 4.90 Å². The van der Waals surface area contributed by atoms with Gasteiger partial charge in [-0.25, -0.2) is 4.39 Å². The highest BCUT2D eigenvalue weighted by atomic mass is 19.1. The Hall–Kier alpha value is -1.91. The largest absolute Gasteiger partial charge is 0.378 e. The molecule has 0 amide bonds. The van der Waals surface area contributed by atoms with Gasteiger partial charge in [0.15, 0.2) is 0 Å². The number of benzene rings is 2. The summed E-state index contributed by atoms with van der Waals surface area (Å²) in [6.45, 7) is 0. The molecule has 0 fully saturated rings. The Balaban J connectivity index is 2.15. The molecule has 0 heterocycles. The molecule has 0 saturated carbocycles. The highest BCUT2D eigenvalue weighted by molar-refractivity contribution is 5.46. The van der Waals surface area contributed by atoms with Gasteiger partial charge in [0.1, 0.15) is 5.82 Å².